The van der Waals surface area contributed by atoms with Crippen LogP contribution < -0.4 is 15.8 Å². The molecular formula is C31H36N4O8. The number of ether oxygens (including phenoxy) is 3. The maximum Gasteiger partial charge on any atom is 0.337 e. The largest absolute Gasteiger partial charge is 0.491 e. The number of benzene rings is 2. The summed E-state index contributed by atoms with van der Waals surface area (Å²) in [6, 6.07) is 14.4. The van der Waals surface area contributed by atoms with Crippen molar-refractivity contribution in [3.05, 3.63) is 92.3 Å². The molecule has 12 nitrogen and oxygen atoms in total. The zero-order valence-electron chi connectivity index (χ0n) is 24.5. The van der Waals surface area contributed by atoms with E-state index in [0.717, 1.165) is 12.7 Å². The van der Waals surface area contributed by atoms with Gasteiger partial charge in [-0.2, -0.15) is 5.26 Å². The fourth-order valence-corrected chi connectivity index (χ4v) is 4.68. The fraction of sp³-hybridized carbons (Fsp3) is 0.387. The Kier molecular flexibility index (Phi) is 11.4. The molecule has 0 saturated heterocycles. The molecule has 0 radical (unpaired) electrons. The number of hydrogen-bond donors (Lipinski definition) is 3. The van der Waals surface area contributed by atoms with E-state index in [4.69, 9.17) is 19.9 Å². The van der Waals surface area contributed by atoms with E-state index in [2.05, 4.69) is 5.32 Å². The van der Waals surface area contributed by atoms with E-state index in [-0.39, 0.29) is 59.0 Å². The number of carbonyl (C=O) groups excluding carboxylic acids is 2. The minimum absolute atomic E-state index is 0.0424. The van der Waals surface area contributed by atoms with Gasteiger partial charge in [-0.05, 0) is 48.9 Å². The van der Waals surface area contributed by atoms with E-state index in [1.165, 1.54) is 24.3 Å². The number of aliphatic hydroxyl groups excluding tert-OH is 1. The Morgan fingerprint density at radius 2 is 1.86 bits per heavy atom. The van der Waals surface area contributed by atoms with E-state index < -0.39 is 28.9 Å². The molecule has 0 saturated carbocycles. The molecule has 1 aliphatic heterocycles. The molecule has 0 bridgehead atoms. The number of dihydropyridines is 1. The Hall–Kier alpha value is -4.73. The summed E-state index contributed by atoms with van der Waals surface area (Å²) in [6.45, 7) is 5.56. The van der Waals surface area contributed by atoms with Gasteiger partial charge in [0.05, 0.1) is 35.7 Å². The average molecular weight is 593 g/mol. The first-order valence-electron chi connectivity index (χ1n) is 13.8. The first-order valence-corrected chi connectivity index (χ1v) is 13.8. The van der Waals surface area contributed by atoms with Crippen LogP contribution in [0.3, 0.4) is 0 Å². The van der Waals surface area contributed by atoms with E-state index in [1.54, 1.807) is 19.1 Å². The maximum atomic E-state index is 13.4. The zero-order valence-corrected chi connectivity index (χ0v) is 24.5. The molecule has 2 aromatic carbocycles. The average Bonchev–Trinajstić information content (AvgIpc) is 3.00. The number of aryl methyl sites for hydroxylation is 1. The number of hydrogen-bond acceptors (Lipinski definition) is 11. The van der Waals surface area contributed by atoms with Gasteiger partial charge in [-0.3, -0.25) is 10.1 Å². The highest BCUT2D eigenvalue weighted by molar-refractivity contribution is 6.00. The van der Waals surface area contributed by atoms with Crippen molar-refractivity contribution in [3.8, 4) is 11.8 Å². The number of carbonyl (C=O) groups is 2. The molecular weight excluding hydrogens is 556 g/mol. The van der Waals surface area contributed by atoms with Crippen molar-refractivity contribution in [1.29, 1.82) is 5.26 Å². The zero-order chi connectivity index (χ0) is 31.7. The van der Waals surface area contributed by atoms with Gasteiger partial charge in [0.25, 0.3) is 5.69 Å². The molecule has 0 spiro atoms. The minimum Gasteiger partial charge on any atom is -0.491 e. The smallest absolute Gasteiger partial charge is 0.337 e. The van der Waals surface area contributed by atoms with Crippen molar-refractivity contribution in [2.24, 2.45) is 11.7 Å². The number of esters is 2. The highest BCUT2D eigenvalue weighted by Crippen LogP contribution is 2.40. The Balaban J connectivity index is 1.69. The third-order valence-corrected chi connectivity index (χ3v) is 7.12. The van der Waals surface area contributed by atoms with Gasteiger partial charge in [0, 0.05) is 23.9 Å². The van der Waals surface area contributed by atoms with Gasteiger partial charge < -0.3 is 30.4 Å². The van der Waals surface area contributed by atoms with Crippen LogP contribution in [0.15, 0.2) is 71.1 Å². The predicted molar refractivity (Wildman–Crippen MR) is 156 cm³/mol. The number of rotatable bonds is 13. The van der Waals surface area contributed by atoms with Crippen LogP contribution in [0.5, 0.6) is 5.75 Å². The molecule has 3 rings (SSSR count). The maximum absolute atomic E-state index is 13.4. The van der Waals surface area contributed by atoms with Crippen molar-refractivity contribution >= 4 is 17.6 Å². The van der Waals surface area contributed by atoms with Gasteiger partial charge in [-0.1, -0.05) is 38.1 Å². The second-order valence-electron chi connectivity index (χ2n) is 10.4. The van der Waals surface area contributed by atoms with Crippen LogP contribution in [-0.4, -0.2) is 54.4 Å². The first kappa shape index (κ1) is 32.8. The lowest BCUT2D eigenvalue weighted by Gasteiger charge is -2.29. The molecule has 228 valence electrons. The Morgan fingerprint density at radius 3 is 2.47 bits per heavy atom. The lowest BCUT2D eigenvalue weighted by atomic mass is 9.80. The molecule has 1 aliphatic rings. The van der Waals surface area contributed by atoms with Crippen LogP contribution in [0, 0.1) is 27.4 Å². The number of methoxy groups -OCH3 is 1. The number of aliphatic hydroxyl groups is 1. The molecule has 0 fully saturated rings. The number of non-ortho nitro benzene ring substituents is 1. The molecule has 3 unspecified atom stereocenters. The molecule has 4 N–H and O–H groups in total. The van der Waals surface area contributed by atoms with E-state index in [9.17, 15) is 30.1 Å². The fourth-order valence-electron chi connectivity index (χ4n) is 4.68. The summed E-state index contributed by atoms with van der Waals surface area (Å²) in [5, 5.41) is 34.0. The highest BCUT2D eigenvalue weighted by Gasteiger charge is 2.39. The Bertz CT molecular complexity index is 1440. The summed E-state index contributed by atoms with van der Waals surface area (Å²) in [4.78, 5) is 37.0. The number of allylic oxidation sites excluding steroid dienone is 2. The third-order valence-electron chi connectivity index (χ3n) is 7.12. The predicted octanol–water partition coefficient (Wildman–Crippen LogP) is 3.41. The van der Waals surface area contributed by atoms with Crippen molar-refractivity contribution in [2.75, 3.05) is 20.3 Å². The molecule has 0 aliphatic carbocycles. The molecule has 2 aromatic rings. The number of nitrogens with one attached hydrogen (secondary N) is 1. The van der Waals surface area contributed by atoms with Crippen molar-refractivity contribution < 1.29 is 33.8 Å². The summed E-state index contributed by atoms with van der Waals surface area (Å²) in [5.41, 5.74) is 7.00. The summed E-state index contributed by atoms with van der Waals surface area (Å²) < 4.78 is 16.1. The SMILES string of the molecule is COC(=O)C1=C(C#N)NC(C)=C(C(=O)OCCCc2ccc(OCC(O)C(N)C(C)C)cc2)C1c1cccc([N+](=O)[O-])c1. The lowest BCUT2D eigenvalue weighted by molar-refractivity contribution is -0.384. The van der Waals surface area contributed by atoms with Gasteiger partial charge in [-0.25, -0.2) is 9.59 Å². The molecule has 1 heterocycles. The van der Waals surface area contributed by atoms with Gasteiger partial charge in [0.1, 0.15) is 30.2 Å². The van der Waals surface area contributed by atoms with Crippen LogP contribution >= 0.6 is 0 Å². The van der Waals surface area contributed by atoms with Gasteiger partial charge in [-0.15, -0.1) is 0 Å². The number of nitro groups is 1. The quantitative estimate of drug-likeness (QED) is 0.134. The summed E-state index contributed by atoms with van der Waals surface area (Å²) in [7, 11) is 1.14. The van der Waals surface area contributed by atoms with E-state index in [1.807, 2.05) is 32.0 Å². The van der Waals surface area contributed by atoms with Crippen molar-refractivity contribution in [3.63, 3.8) is 0 Å². The normalized spacial score (nSPS) is 16.2. The second-order valence-corrected chi connectivity index (χ2v) is 10.4. The number of nitrogens with zero attached hydrogens (tertiary/aromatic N) is 2. The molecule has 0 amide bonds. The topological polar surface area (TPSA) is 187 Å². The molecule has 0 aromatic heterocycles. The number of nitriles is 1. The van der Waals surface area contributed by atoms with E-state index >= 15 is 0 Å². The van der Waals surface area contributed by atoms with Crippen LogP contribution in [0.4, 0.5) is 5.69 Å². The molecule has 3 atom stereocenters. The van der Waals surface area contributed by atoms with Crippen LogP contribution in [0.1, 0.15) is 44.2 Å². The third kappa shape index (κ3) is 8.18. The Morgan fingerprint density at radius 1 is 1.16 bits per heavy atom. The second kappa shape index (κ2) is 14.9. The van der Waals surface area contributed by atoms with Crippen LogP contribution in [0.25, 0.3) is 0 Å². The van der Waals surface area contributed by atoms with Gasteiger partial charge in [0.15, 0.2) is 0 Å². The molecule has 12 heteroatoms. The van der Waals surface area contributed by atoms with Gasteiger partial charge >= 0.3 is 11.9 Å². The van der Waals surface area contributed by atoms with E-state index in [0.29, 0.717) is 18.6 Å². The van der Waals surface area contributed by atoms with Crippen molar-refractivity contribution in [1.82, 2.24) is 5.32 Å². The summed E-state index contributed by atoms with van der Waals surface area (Å²) >= 11 is 0. The van der Waals surface area contributed by atoms with Crippen LogP contribution in [-0.2, 0) is 25.5 Å². The number of nitro benzene ring substituents is 1. The minimum atomic E-state index is -1.13. The monoisotopic (exact) mass is 592 g/mol. The summed E-state index contributed by atoms with van der Waals surface area (Å²) in [5.74, 6) is -2.01. The summed E-state index contributed by atoms with van der Waals surface area (Å²) in [6.07, 6.45) is 0.290. The van der Waals surface area contributed by atoms with Crippen LogP contribution in [0.2, 0.25) is 0 Å². The standard InChI is InChI=1S/C31H36N4O8/c1-18(2)29(33)25(36)17-43-23-12-10-20(11-13-23)7-6-14-42-31(38)26-19(3)34-24(16-32)28(30(37)41-4)27(26)21-8-5-9-22(15-21)35(39)40/h5,8-13,15,18,25,27,29,34,36H,6-7,14,17,33H2,1-4H3. The first-order chi connectivity index (χ1) is 20.5. The van der Waals surface area contributed by atoms with Crippen molar-refractivity contribution in [2.45, 2.75) is 51.7 Å². The molecule has 43 heavy (non-hydrogen) atoms. The lowest BCUT2D eigenvalue weighted by Crippen LogP contribution is -2.42. The Labute approximate surface area is 249 Å². The number of nitrogens with two attached hydrogens (primary N) is 1. The van der Waals surface area contributed by atoms with Gasteiger partial charge in [0.2, 0.25) is 0 Å². The highest BCUT2D eigenvalue weighted by atomic mass is 16.6.